The Balaban J connectivity index is 1.58. The maximum absolute atomic E-state index is 3.70. The third-order valence-electron chi connectivity index (χ3n) is 4.65. The van der Waals surface area contributed by atoms with Crippen LogP contribution in [0.1, 0.15) is 65.2 Å². The average molecular weight is 238 g/mol. The fourth-order valence-electron chi connectivity index (χ4n) is 3.59. The SMILES string of the molecule is CC1CCCC(NCNC2CCCC(C)C2)C1. The monoisotopic (exact) mass is 238 g/mol. The minimum atomic E-state index is 0.771. The molecule has 2 heteroatoms. The molecule has 17 heavy (non-hydrogen) atoms. The first kappa shape index (κ1) is 13.4. The Morgan fingerprint density at radius 2 is 1.24 bits per heavy atom. The van der Waals surface area contributed by atoms with Crippen molar-refractivity contribution in [3.05, 3.63) is 0 Å². The van der Waals surface area contributed by atoms with Crippen molar-refractivity contribution in [2.24, 2.45) is 11.8 Å². The van der Waals surface area contributed by atoms with Crippen LogP contribution >= 0.6 is 0 Å². The molecule has 2 N–H and O–H groups in total. The minimum Gasteiger partial charge on any atom is -0.302 e. The summed E-state index contributed by atoms with van der Waals surface area (Å²) in [6.07, 6.45) is 11.2. The van der Waals surface area contributed by atoms with E-state index in [4.69, 9.17) is 0 Å². The van der Waals surface area contributed by atoms with Gasteiger partial charge in [0, 0.05) is 18.8 Å². The van der Waals surface area contributed by atoms with E-state index in [0.29, 0.717) is 0 Å². The Labute approximate surface area is 107 Å². The molecule has 2 rings (SSSR count). The summed E-state index contributed by atoms with van der Waals surface area (Å²) in [5.41, 5.74) is 0. The van der Waals surface area contributed by atoms with Crippen molar-refractivity contribution < 1.29 is 0 Å². The lowest BCUT2D eigenvalue weighted by Crippen LogP contribution is -2.44. The summed E-state index contributed by atoms with van der Waals surface area (Å²) < 4.78 is 0. The van der Waals surface area contributed by atoms with E-state index in [9.17, 15) is 0 Å². The van der Waals surface area contributed by atoms with E-state index in [1.807, 2.05) is 0 Å². The highest BCUT2D eigenvalue weighted by molar-refractivity contribution is 4.78. The molecule has 2 nitrogen and oxygen atoms in total. The molecule has 0 bridgehead atoms. The van der Waals surface area contributed by atoms with Crippen LogP contribution in [-0.4, -0.2) is 18.8 Å². The van der Waals surface area contributed by atoms with E-state index < -0.39 is 0 Å². The van der Waals surface area contributed by atoms with Crippen molar-refractivity contribution in [1.82, 2.24) is 10.6 Å². The molecular formula is C15H30N2. The summed E-state index contributed by atoms with van der Waals surface area (Å²) in [6, 6.07) is 1.54. The van der Waals surface area contributed by atoms with Crippen molar-refractivity contribution >= 4 is 0 Å². The van der Waals surface area contributed by atoms with Crippen LogP contribution in [0.4, 0.5) is 0 Å². The summed E-state index contributed by atoms with van der Waals surface area (Å²) in [5.74, 6) is 1.85. The van der Waals surface area contributed by atoms with Crippen molar-refractivity contribution in [1.29, 1.82) is 0 Å². The standard InChI is InChI=1S/C15H30N2/c1-12-5-3-7-14(9-12)16-11-17-15-8-4-6-13(2)10-15/h12-17H,3-11H2,1-2H3. The van der Waals surface area contributed by atoms with Crippen LogP contribution in [0.5, 0.6) is 0 Å². The zero-order chi connectivity index (χ0) is 12.1. The Kier molecular flexibility index (Phi) is 5.30. The molecule has 0 spiro atoms. The van der Waals surface area contributed by atoms with Gasteiger partial charge in [-0.3, -0.25) is 0 Å². The second kappa shape index (κ2) is 6.75. The quantitative estimate of drug-likeness (QED) is 0.735. The lowest BCUT2D eigenvalue weighted by Gasteiger charge is -2.31. The van der Waals surface area contributed by atoms with Gasteiger partial charge >= 0.3 is 0 Å². The van der Waals surface area contributed by atoms with Crippen LogP contribution in [0.2, 0.25) is 0 Å². The van der Waals surface area contributed by atoms with Crippen molar-refractivity contribution in [2.45, 2.75) is 77.3 Å². The molecule has 0 aromatic carbocycles. The Morgan fingerprint density at radius 1 is 0.765 bits per heavy atom. The second-order valence-electron chi connectivity index (χ2n) is 6.52. The lowest BCUT2D eigenvalue weighted by molar-refractivity contribution is 0.266. The first-order valence-corrected chi connectivity index (χ1v) is 7.71. The third kappa shape index (κ3) is 4.59. The van der Waals surface area contributed by atoms with E-state index in [0.717, 1.165) is 30.6 Å². The largest absolute Gasteiger partial charge is 0.302 e. The maximum Gasteiger partial charge on any atom is 0.0458 e. The van der Waals surface area contributed by atoms with Gasteiger partial charge in [0.2, 0.25) is 0 Å². The number of rotatable bonds is 4. The lowest BCUT2D eigenvalue weighted by atomic mass is 9.87. The molecule has 0 aromatic rings. The Morgan fingerprint density at radius 3 is 1.65 bits per heavy atom. The molecule has 0 saturated heterocycles. The maximum atomic E-state index is 3.70. The molecule has 2 aliphatic carbocycles. The van der Waals surface area contributed by atoms with Gasteiger partial charge in [-0.05, 0) is 37.5 Å². The summed E-state index contributed by atoms with van der Waals surface area (Å²) in [5, 5.41) is 7.41. The smallest absolute Gasteiger partial charge is 0.0458 e. The van der Waals surface area contributed by atoms with Crippen LogP contribution in [0.3, 0.4) is 0 Å². The number of nitrogens with one attached hydrogen (secondary N) is 2. The predicted octanol–water partition coefficient (Wildman–Crippen LogP) is 3.28. The topological polar surface area (TPSA) is 24.1 Å². The summed E-state index contributed by atoms with van der Waals surface area (Å²) in [4.78, 5) is 0. The fourth-order valence-corrected chi connectivity index (χ4v) is 3.59. The molecular weight excluding hydrogens is 208 g/mol. The van der Waals surface area contributed by atoms with Crippen molar-refractivity contribution in [2.75, 3.05) is 6.67 Å². The first-order valence-electron chi connectivity index (χ1n) is 7.71. The fraction of sp³-hybridized carbons (Fsp3) is 1.00. The van der Waals surface area contributed by atoms with Gasteiger partial charge in [0.15, 0.2) is 0 Å². The number of hydrogen-bond donors (Lipinski definition) is 2. The molecule has 0 heterocycles. The van der Waals surface area contributed by atoms with E-state index in [1.54, 1.807) is 0 Å². The van der Waals surface area contributed by atoms with E-state index in [1.165, 1.54) is 51.4 Å². The molecule has 0 radical (unpaired) electrons. The molecule has 0 amide bonds. The Hall–Kier alpha value is -0.0800. The average Bonchev–Trinajstić information content (AvgIpc) is 2.29. The summed E-state index contributed by atoms with van der Waals surface area (Å²) in [7, 11) is 0. The molecule has 4 atom stereocenters. The molecule has 0 aromatic heterocycles. The second-order valence-corrected chi connectivity index (χ2v) is 6.52. The minimum absolute atomic E-state index is 0.771. The van der Waals surface area contributed by atoms with Gasteiger partial charge in [-0.1, -0.05) is 39.5 Å². The van der Waals surface area contributed by atoms with Gasteiger partial charge in [-0.15, -0.1) is 0 Å². The zero-order valence-electron chi connectivity index (χ0n) is 11.7. The molecule has 100 valence electrons. The van der Waals surface area contributed by atoms with Crippen LogP contribution in [0, 0.1) is 11.8 Å². The first-order chi connectivity index (χ1) is 8.24. The molecule has 2 aliphatic rings. The van der Waals surface area contributed by atoms with Crippen LogP contribution in [0.25, 0.3) is 0 Å². The Bertz CT molecular complexity index is 195. The highest BCUT2D eigenvalue weighted by Gasteiger charge is 2.20. The summed E-state index contributed by atoms with van der Waals surface area (Å²) in [6.45, 7) is 5.81. The third-order valence-corrected chi connectivity index (χ3v) is 4.65. The molecule has 0 aliphatic heterocycles. The van der Waals surface area contributed by atoms with Crippen LogP contribution < -0.4 is 10.6 Å². The van der Waals surface area contributed by atoms with Crippen LogP contribution in [0.15, 0.2) is 0 Å². The van der Waals surface area contributed by atoms with Crippen LogP contribution in [-0.2, 0) is 0 Å². The van der Waals surface area contributed by atoms with E-state index in [2.05, 4.69) is 24.5 Å². The van der Waals surface area contributed by atoms with Gasteiger partial charge in [0.1, 0.15) is 0 Å². The van der Waals surface area contributed by atoms with Gasteiger partial charge in [0.05, 0.1) is 0 Å². The van der Waals surface area contributed by atoms with Gasteiger partial charge in [-0.25, -0.2) is 0 Å². The predicted molar refractivity (Wildman–Crippen MR) is 74.0 cm³/mol. The highest BCUT2D eigenvalue weighted by atomic mass is 15.1. The molecule has 4 unspecified atom stereocenters. The normalized spacial score (nSPS) is 39.2. The molecule has 2 saturated carbocycles. The van der Waals surface area contributed by atoms with E-state index in [-0.39, 0.29) is 0 Å². The van der Waals surface area contributed by atoms with Gasteiger partial charge < -0.3 is 10.6 Å². The van der Waals surface area contributed by atoms with Crippen molar-refractivity contribution in [3.63, 3.8) is 0 Å². The van der Waals surface area contributed by atoms with Crippen molar-refractivity contribution in [3.8, 4) is 0 Å². The van der Waals surface area contributed by atoms with Gasteiger partial charge in [-0.2, -0.15) is 0 Å². The number of hydrogen-bond acceptors (Lipinski definition) is 2. The summed E-state index contributed by atoms with van der Waals surface area (Å²) >= 11 is 0. The van der Waals surface area contributed by atoms with E-state index >= 15 is 0 Å². The van der Waals surface area contributed by atoms with Gasteiger partial charge in [0.25, 0.3) is 0 Å². The zero-order valence-corrected chi connectivity index (χ0v) is 11.7. The highest BCUT2D eigenvalue weighted by Crippen LogP contribution is 2.24. The molecule has 2 fully saturated rings.